The van der Waals surface area contributed by atoms with E-state index in [2.05, 4.69) is 31.2 Å². The SMILES string of the molecule is CCCCC/C=C\C/C=C\CCCCCCCC(=O)O.NCCCCC(N)C(=O)O. The largest absolute Gasteiger partial charge is 0.481 e. The van der Waals surface area contributed by atoms with Gasteiger partial charge in [-0.3, -0.25) is 9.59 Å². The fraction of sp³-hybridized carbons (Fsp3) is 0.750. The van der Waals surface area contributed by atoms with Crippen LogP contribution in [0.1, 0.15) is 103 Å². The number of nitrogens with two attached hydrogens (primary N) is 2. The van der Waals surface area contributed by atoms with Crippen LogP contribution >= 0.6 is 0 Å². The Morgan fingerprint density at radius 3 is 1.90 bits per heavy atom. The first-order valence-electron chi connectivity index (χ1n) is 11.7. The molecule has 6 heteroatoms. The Balaban J connectivity index is 0. The first-order chi connectivity index (χ1) is 14.5. The Morgan fingerprint density at radius 2 is 1.37 bits per heavy atom. The summed E-state index contributed by atoms with van der Waals surface area (Å²) in [6.45, 7) is 2.84. The molecule has 0 aromatic carbocycles. The van der Waals surface area contributed by atoms with E-state index in [0.29, 0.717) is 19.4 Å². The maximum Gasteiger partial charge on any atom is 0.320 e. The number of carbonyl (C=O) groups is 2. The van der Waals surface area contributed by atoms with Crippen LogP contribution in [0.25, 0.3) is 0 Å². The van der Waals surface area contributed by atoms with Gasteiger partial charge in [-0.15, -0.1) is 0 Å². The number of rotatable bonds is 19. The molecular formula is C24H46N2O4. The molecule has 30 heavy (non-hydrogen) atoms. The molecule has 1 atom stereocenters. The quantitative estimate of drug-likeness (QED) is 0.161. The summed E-state index contributed by atoms with van der Waals surface area (Å²) in [5.74, 6) is -1.60. The van der Waals surface area contributed by atoms with Crippen molar-refractivity contribution in [2.45, 2.75) is 109 Å². The van der Waals surface area contributed by atoms with Crippen molar-refractivity contribution in [3.63, 3.8) is 0 Å². The van der Waals surface area contributed by atoms with E-state index >= 15 is 0 Å². The average Bonchev–Trinajstić information content (AvgIpc) is 2.71. The van der Waals surface area contributed by atoms with Crippen molar-refractivity contribution in [1.82, 2.24) is 0 Å². The van der Waals surface area contributed by atoms with Crippen LogP contribution in [-0.2, 0) is 9.59 Å². The van der Waals surface area contributed by atoms with Gasteiger partial charge >= 0.3 is 11.9 Å². The smallest absolute Gasteiger partial charge is 0.320 e. The van der Waals surface area contributed by atoms with Crippen LogP contribution in [0.2, 0.25) is 0 Å². The van der Waals surface area contributed by atoms with Crippen LogP contribution in [0.3, 0.4) is 0 Å². The van der Waals surface area contributed by atoms with Crippen LogP contribution in [0.5, 0.6) is 0 Å². The molecule has 1 unspecified atom stereocenters. The van der Waals surface area contributed by atoms with E-state index in [4.69, 9.17) is 21.7 Å². The summed E-state index contributed by atoms with van der Waals surface area (Å²) in [4.78, 5) is 20.5. The Bertz CT molecular complexity index is 450. The first-order valence-corrected chi connectivity index (χ1v) is 11.7. The summed E-state index contributed by atoms with van der Waals surface area (Å²) in [7, 11) is 0. The van der Waals surface area contributed by atoms with Crippen molar-refractivity contribution in [2.24, 2.45) is 11.5 Å². The molecule has 0 rings (SSSR count). The van der Waals surface area contributed by atoms with Gasteiger partial charge in [0.25, 0.3) is 0 Å². The second-order valence-electron chi connectivity index (χ2n) is 7.60. The van der Waals surface area contributed by atoms with E-state index in [0.717, 1.165) is 38.5 Å². The highest BCUT2D eigenvalue weighted by Gasteiger charge is 2.09. The van der Waals surface area contributed by atoms with E-state index < -0.39 is 18.0 Å². The summed E-state index contributed by atoms with van der Waals surface area (Å²) >= 11 is 0. The van der Waals surface area contributed by atoms with Gasteiger partial charge in [-0.2, -0.15) is 0 Å². The third-order valence-electron chi connectivity index (χ3n) is 4.63. The van der Waals surface area contributed by atoms with Crippen LogP contribution in [0.4, 0.5) is 0 Å². The Kier molecular flexibility index (Phi) is 25.8. The highest BCUT2D eigenvalue weighted by atomic mass is 16.4. The van der Waals surface area contributed by atoms with E-state index in [-0.39, 0.29) is 0 Å². The van der Waals surface area contributed by atoms with Crippen LogP contribution in [0.15, 0.2) is 24.3 Å². The summed E-state index contributed by atoms with van der Waals surface area (Å²) < 4.78 is 0. The highest BCUT2D eigenvalue weighted by Crippen LogP contribution is 2.08. The standard InChI is InChI=1S/C18H32O2.C6H14N2O2/c1-2-3-4-5-6-7-8-9-10-11-12-13-14-15-16-17-18(19)20;7-4-2-1-3-5(8)6(9)10/h6-7,9-10H,2-5,8,11-17H2,1H3,(H,19,20);5H,1-4,7-8H2,(H,9,10)/b7-6-,10-9-;. The molecule has 0 bridgehead atoms. The topological polar surface area (TPSA) is 127 Å². The van der Waals surface area contributed by atoms with Crippen LogP contribution < -0.4 is 11.5 Å². The van der Waals surface area contributed by atoms with Crippen molar-refractivity contribution in [3.8, 4) is 0 Å². The summed E-state index contributed by atoms with van der Waals surface area (Å²) in [6, 6.07) is -0.716. The zero-order valence-electron chi connectivity index (χ0n) is 19.1. The minimum Gasteiger partial charge on any atom is -0.481 e. The molecule has 0 saturated heterocycles. The molecule has 0 radical (unpaired) electrons. The Hall–Kier alpha value is -1.66. The van der Waals surface area contributed by atoms with Crippen molar-refractivity contribution in [3.05, 3.63) is 24.3 Å². The monoisotopic (exact) mass is 426 g/mol. The van der Waals surface area contributed by atoms with E-state index in [1.54, 1.807) is 0 Å². The van der Waals surface area contributed by atoms with E-state index in [1.807, 2.05) is 0 Å². The number of carboxylic acid groups (broad SMARTS) is 2. The van der Waals surface area contributed by atoms with Gasteiger partial charge in [0.05, 0.1) is 0 Å². The van der Waals surface area contributed by atoms with Crippen LogP contribution in [-0.4, -0.2) is 34.7 Å². The molecule has 0 spiro atoms. The van der Waals surface area contributed by atoms with Crippen molar-refractivity contribution in [2.75, 3.05) is 6.54 Å². The van der Waals surface area contributed by atoms with Gasteiger partial charge in [0, 0.05) is 6.42 Å². The van der Waals surface area contributed by atoms with Gasteiger partial charge in [0.15, 0.2) is 0 Å². The van der Waals surface area contributed by atoms with Gasteiger partial charge in [0.2, 0.25) is 0 Å². The summed E-state index contributed by atoms with van der Waals surface area (Å²) in [5.41, 5.74) is 10.4. The molecule has 6 N–H and O–H groups in total. The summed E-state index contributed by atoms with van der Waals surface area (Å²) in [6.07, 6.45) is 24.4. The number of carboxylic acids is 2. The number of aliphatic carboxylic acids is 2. The summed E-state index contributed by atoms with van der Waals surface area (Å²) in [5, 5.41) is 16.8. The maximum atomic E-state index is 10.3. The molecular weight excluding hydrogens is 380 g/mol. The molecule has 0 amide bonds. The van der Waals surface area contributed by atoms with Gasteiger partial charge < -0.3 is 21.7 Å². The number of hydrogen-bond acceptors (Lipinski definition) is 4. The molecule has 0 heterocycles. The Labute approximate surface area is 183 Å². The molecule has 0 fully saturated rings. The molecule has 0 aliphatic rings. The molecule has 0 aliphatic heterocycles. The zero-order chi connectivity index (χ0) is 22.9. The van der Waals surface area contributed by atoms with Crippen LogP contribution in [0, 0.1) is 0 Å². The number of allylic oxidation sites excluding steroid dienone is 4. The maximum absolute atomic E-state index is 10.3. The van der Waals surface area contributed by atoms with Crippen molar-refractivity contribution >= 4 is 11.9 Å². The lowest BCUT2D eigenvalue weighted by Gasteiger charge is -2.03. The first kappa shape index (κ1) is 30.5. The van der Waals surface area contributed by atoms with Gasteiger partial charge in [-0.05, 0) is 57.9 Å². The molecule has 6 nitrogen and oxygen atoms in total. The lowest BCUT2D eigenvalue weighted by molar-refractivity contribution is -0.139. The lowest BCUT2D eigenvalue weighted by atomic mass is 10.1. The predicted octanol–water partition coefficient (Wildman–Crippen LogP) is 5.41. The number of hydrogen-bond donors (Lipinski definition) is 4. The second kappa shape index (κ2) is 25.4. The molecule has 176 valence electrons. The van der Waals surface area contributed by atoms with E-state index in [1.165, 1.54) is 44.9 Å². The molecule has 0 aliphatic carbocycles. The fourth-order valence-corrected chi connectivity index (χ4v) is 2.72. The Morgan fingerprint density at radius 1 is 0.800 bits per heavy atom. The normalized spacial score (nSPS) is 12.1. The lowest BCUT2D eigenvalue weighted by Crippen LogP contribution is -2.29. The van der Waals surface area contributed by atoms with E-state index in [9.17, 15) is 9.59 Å². The van der Waals surface area contributed by atoms with Gasteiger partial charge in [0.1, 0.15) is 6.04 Å². The average molecular weight is 427 g/mol. The highest BCUT2D eigenvalue weighted by molar-refractivity contribution is 5.72. The van der Waals surface area contributed by atoms with Gasteiger partial charge in [-0.25, -0.2) is 0 Å². The predicted molar refractivity (Wildman–Crippen MR) is 126 cm³/mol. The van der Waals surface area contributed by atoms with Crippen molar-refractivity contribution < 1.29 is 19.8 Å². The second-order valence-corrected chi connectivity index (χ2v) is 7.60. The third-order valence-corrected chi connectivity index (χ3v) is 4.63. The molecule has 0 aromatic heterocycles. The minimum atomic E-state index is -0.933. The minimum absolute atomic E-state index is 0.324. The molecule has 0 saturated carbocycles. The van der Waals surface area contributed by atoms with Gasteiger partial charge in [-0.1, -0.05) is 69.8 Å². The van der Waals surface area contributed by atoms with Crippen molar-refractivity contribution in [1.29, 1.82) is 0 Å². The third kappa shape index (κ3) is 28.5. The molecule has 0 aromatic rings. The number of unbranched alkanes of at least 4 members (excludes halogenated alkanes) is 9. The fourth-order valence-electron chi connectivity index (χ4n) is 2.72. The zero-order valence-corrected chi connectivity index (χ0v) is 19.1.